The summed E-state index contributed by atoms with van der Waals surface area (Å²) in [5.74, 6) is 0. The molecule has 88 valence electrons. The third-order valence-corrected chi connectivity index (χ3v) is 2.09. The van der Waals surface area contributed by atoms with Crippen molar-refractivity contribution < 1.29 is 4.84 Å². The molecule has 0 unspecified atom stereocenters. The molecule has 0 radical (unpaired) electrons. The third kappa shape index (κ3) is 2.41. The first-order valence-electron chi connectivity index (χ1n) is 5.18. The number of nitrogens with zero attached hydrogens (tertiary/aromatic N) is 4. The Morgan fingerprint density at radius 2 is 2.06 bits per heavy atom. The van der Waals surface area contributed by atoms with E-state index in [1.165, 1.54) is 4.68 Å². The van der Waals surface area contributed by atoms with Gasteiger partial charge in [0.05, 0.1) is 5.69 Å². The lowest BCUT2D eigenvalue weighted by atomic mass is 10.3. The third-order valence-electron chi connectivity index (χ3n) is 2.09. The number of para-hydroxylation sites is 1. The summed E-state index contributed by atoms with van der Waals surface area (Å²) in [6.45, 7) is 2.15. The van der Waals surface area contributed by atoms with Crippen LogP contribution < -0.4 is 10.5 Å². The van der Waals surface area contributed by atoms with E-state index in [0.717, 1.165) is 4.85 Å². The zero-order valence-electron chi connectivity index (χ0n) is 9.35. The van der Waals surface area contributed by atoms with Crippen LogP contribution in [-0.2, 0) is 0 Å². The monoisotopic (exact) mass is 232 g/mol. The van der Waals surface area contributed by atoms with E-state index >= 15 is 0 Å². The minimum atomic E-state index is -0.430. The molecule has 0 aliphatic rings. The zero-order valence-corrected chi connectivity index (χ0v) is 9.35. The SMILES string of the molecule is C/C=C/COn1nnn(-c2ccccc2)c1=O. The molecule has 17 heavy (non-hydrogen) atoms. The first kappa shape index (κ1) is 11.1. The van der Waals surface area contributed by atoms with E-state index in [-0.39, 0.29) is 6.61 Å². The van der Waals surface area contributed by atoms with Crippen molar-refractivity contribution in [2.24, 2.45) is 0 Å². The van der Waals surface area contributed by atoms with Gasteiger partial charge in [-0.05, 0) is 40.4 Å². The van der Waals surface area contributed by atoms with Crippen LogP contribution >= 0.6 is 0 Å². The molecule has 0 aliphatic heterocycles. The van der Waals surface area contributed by atoms with Crippen molar-refractivity contribution in [3.63, 3.8) is 0 Å². The highest BCUT2D eigenvalue weighted by molar-refractivity contribution is 5.28. The Bertz CT molecular complexity index is 556. The smallest absolute Gasteiger partial charge is 0.387 e. The van der Waals surface area contributed by atoms with Gasteiger partial charge in [-0.3, -0.25) is 0 Å². The molecular formula is C11H12N4O2. The summed E-state index contributed by atoms with van der Waals surface area (Å²) in [6.07, 6.45) is 3.60. The van der Waals surface area contributed by atoms with Crippen molar-refractivity contribution in [1.29, 1.82) is 0 Å². The van der Waals surface area contributed by atoms with E-state index in [2.05, 4.69) is 10.4 Å². The summed E-state index contributed by atoms with van der Waals surface area (Å²) >= 11 is 0. The maximum atomic E-state index is 11.8. The quantitative estimate of drug-likeness (QED) is 0.717. The summed E-state index contributed by atoms with van der Waals surface area (Å²) in [7, 11) is 0. The molecule has 2 rings (SSSR count). The molecule has 0 atom stereocenters. The van der Waals surface area contributed by atoms with Crippen LogP contribution in [-0.4, -0.2) is 26.6 Å². The Balaban J connectivity index is 2.24. The molecule has 0 spiro atoms. The van der Waals surface area contributed by atoms with Crippen LogP contribution in [0.2, 0.25) is 0 Å². The Hall–Kier alpha value is -2.37. The van der Waals surface area contributed by atoms with E-state index in [1.54, 1.807) is 18.2 Å². The molecule has 1 heterocycles. The summed E-state index contributed by atoms with van der Waals surface area (Å²) in [6, 6.07) is 9.04. The first-order chi connectivity index (χ1) is 8.33. The Labute approximate surface area is 97.7 Å². The normalized spacial score (nSPS) is 10.9. The standard InChI is InChI=1S/C11H12N4O2/c1-2-3-9-17-15-11(16)14(12-13-15)10-7-5-4-6-8-10/h2-8H,9H2,1H3/b3-2+. The summed E-state index contributed by atoms with van der Waals surface area (Å²) in [4.78, 5) is 17.8. The van der Waals surface area contributed by atoms with Crippen LogP contribution in [0.3, 0.4) is 0 Å². The number of aromatic nitrogens is 4. The Morgan fingerprint density at radius 1 is 1.29 bits per heavy atom. The van der Waals surface area contributed by atoms with Gasteiger partial charge in [0.2, 0.25) is 0 Å². The van der Waals surface area contributed by atoms with Crippen molar-refractivity contribution in [2.45, 2.75) is 6.92 Å². The number of hydrogen-bond donors (Lipinski definition) is 0. The molecule has 0 saturated carbocycles. The van der Waals surface area contributed by atoms with E-state index in [0.29, 0.717) is 5.69 Å². The largest absolute Gasteiger partial charge is 0.402 e. The van der Waals surface area contributed by atoms with Crippen LogP contribution in [0.15, 0.2) is 47.3 Å². The second kappa shape index (κ2) is 5.11. The van der Waals surface area contributed by atoms with Crippen LogP contribution in [0.1, 0.15) is 6.92 Å². The van der Waals surface area contributed by atoms with Gasteiger partial charge in [-0.25, -0.2) is 4.79 Å². The number of hydrogen-bond acceptors (Lipinski definition) is 4. The molecule has 0 amide bonds. The number of tetrazole rings is 1. The summed E-state index contributed by atoms with van der Waals surface area (Å²) < 4.78 is 1.18. The van der Waals surface area contributed by atoms with Crippen molar-refractivity contribution in [3.8, 4) is 5.69 Å². The lowest BCUT2D eigenvalue weighted by Crippen LogP contribution is -2.29. The van der Waals surface area contributed by atoms with Crippen molar-refractivity contribution in [2.75, 3.05) is 6.61 Å². The first-order valence-corrected chi connectivity index (χ1v) is 5.18. The lowest BCUT2D eigenvalue weighted by molar-refractivity contribution is 0.0920. The topological polar surface area (TPSA) is 61.9 Å². The number of rotatable bonds is 4. The van der Waals surface area contributed by atoms with E-state index < -0.39 is 5.69 Å². The highest BCUT2D eigenvalue weighted by atomic mass is 16.7. The van der Waals surface area contributed by atoms with E-state index in [1.807, 2.05) is 31.2 Å². The molecule has 0 bridgehead atoms. The molecule has 0 fully saturated rings. The van der Waals surface area contributed by atoms with Crippen LogP contribution in [0.25, 0.3) is 5.69 Å². The number of benzene rings is 1. The predicted molar refractivity (Wildman–Crippen MR) is 61.9 cm³/mol. The maximum Gasteiger partial charge on any atom is 0.402 e. The maximum absolute atomic E-state index is 11.8. The van der Waals surface area contributed by atoms with E-state index in [4.69, 9.17) is 4.84 Å². The zero-order chi connectivity index (χ0) is 12.1. The fourth-order valence-electron chi connectivity index (χ4n) is 1.26. The van der Waals surface area contributed by atoms with Gasteiger partial charge in [0, 0.05) is 0 Å². The van der Waals surface area contributed by atoms with Crippen molar-refractivity contribution >= 4 is 0 Å². The molecule has 2 aromatic rings. The Morgan fingerprint density at radius 3 is 2.76 bits per heavy atom. The molecular weight excluding hydrogens is 220 g/mol. The van der Waals surface area contributed by atoms with Gasteiger partial charge in [0.15, 0.2) is 0 Å². The average molecular weight is 232 g/mol. The molecule has 1 aromatic carbocycles. The van der Waals surface area contributed by atoms with Gasteiger partial charge in [0.1, 0.15) is 6.61 Å². The molecule has 0 N–H and O–H groups in total. The lowest BCUT2D eigenvalue weighted by Gasteiger charge is -1.97. The van der Waals surface area contributed by atoms with E-state index in [9.17, 15) is 4.79 Å². The highest BCUT2D eigenvalue weighted by Gasteiger charge is 2.08. The van der Waals surface area contributed by atoms with Gasteiger partial charge < -0.3 is 4.84 Å². The van der Waals surface area contributed by atoms with Crippen molar-refractivity contribution in [1.82, 2.24) is 20.0 Å². The van der Waals surface area contributed by atoms with Gasteiger partial charge >= 0.3 is 5.69 Å². The van der Waals surface area contributed by atoms with Crippen LogP contribution in [0.4, 0.5) is 0 Å². The molecule has 0 saturated heterocycles. The predicted octanol–water partition coefficient (Wildman–Crippen LogP) is 0.434. The Kier molecular flexibility index (Phi) is 3.34. The fourth-order valence-corrected chi connectivity index (χ4v) is 1.26. The minimum Gasteiger partial charge on any atom is -0.387 e. The van der Waals surface area contributed by atoms with Gasteiger partial charge in [-0.2, -0.15) is 4.68 Å². The fraction of sp³-hybridized carbons (Fsp3) is 0.182. The molecule has 1 aromatic heterocycles. The van der Waals surface area contributed by atoms with Crippen molar-refractivity contribution in [3.05, 3.63) is 53.0 Å². The minimum absolute atomic E-state index is 0.282. The molecule has 6 nitrogen and oxygen atoms in total. The van der Waals surface area contributed by atoms with Gasteiger partial charge in [-0.1, -0.05) is 24.3 Å². The average Bonchev–Trinajstić information content (AvgIpc) is 2.73. The number of allylic oxidation sites excluding steroid dienone is 1. The summed E-state index contributed by atoms with van der Waals surface area (Å²) in [5.41, 5.74) is 0.221. The molecule has 6 heteroatoms. The molecule has 0 aliphatic carbocycles. The van der Waals surface area contributed by atoms with Crippen LogP contribution in [0.5, 0.6) is 0 Å². The second-order valence-corrected chi connectivity index (χ2v) is 3.25. The summed E-state index contributed by atoms with van der Waals surface area (Å²) in [5, 5.41) is 7.36. The second-order valence-electron chi connectivity index (χ2n) is 3.25. The van der Waals surface area contributed by atoms with Gasteiger partial charge in [0.25, 0.3) is 0 Å². The highest BCUT2D eigenvalue weighted by Crippen LogP contribution is 2.00. The van der Waals surface area contributed by atoms with Gasteiger partial charge in [-0.15, -0.1) is 0 Å². The van der Waals surface area contributed by atoms with Crippen LogP contribution in [0, 0.1) is 0 Å².